The maximum atomic E-state index is 5.82. The van der Waals surface area contributed by atoms with Crippen molar-refractivity contribution in [3.05, 3.63) is 29.8 Å². The molecule has 0 aliphatic carbocycles. The van der Waals surface area contributed by atoms with Crippen LogP contribution in [0.5, 0.6) is 0 Å². The Kier molecular flexibility index (Phi) is 2.91. The van der Waals surface area contributed by atoms with Gasteiger partial charge in [0, 0.05) is 19.7 Å². The summed E-state index contributed by atoms with van der Waals surface area (Å²) in [6, 6.07) is 8.23. The van der Waals surface area contributed by atoms with Gasteiger partial charge < -0.3 is 14.4 Å². The predicted molar refractivity (Wildman–Crippen MR) is 64.5 cm³/mol. The molecule has 2 rings (SSSR count). The van der Waals surface area contributed by atoms with Crippen molar-refractivity contribution in [2.24, 2.45) is 0 Å². The normalized spacial score (nSPS) is 29.4. The van der Waals surface area contributed by atoms with Gasteiger partial charge in [0.25, 0.3) is 0 Å². The number of hydrogen-bond acceptors (Lipinski definition) is 3. The first-order valence-electron chi connectivity index (χ1n) is 5.64. The number of rotatable bonds is 2. The Bertz CT molecular complexity index is 380. The van der Waals surface area contributed by atoms with E-state index in [0.29, 0.717) is 6.61 Å². The van der Waals surface area contributed by atoms with Crippen molar-refractivity contribution >= 4 is 5.69 Å². The molecule has 1 heterocycles. The molecule has 0 radical (unpaired) electrons. The number of benzene rings is 1. The molecule has 1 fully saturated rings. The van der Waals surface area contributed by atoms with Gasteiger partial charge in [0.2, 0.25) is 5.91 Å². The largest absolute Gasteiger partial charge is 0.330 e. The molecule has 16 heavy (non-hydrogen) atoms. The average Bonchev–Trinajstić information content (AvgIpc) is 2.60. The second-order valence-corrected chi connectivity index (χ2v) is 4.48. The third-order valence-corrected chi connectivity index (χ3v) is 3.09. The summed E-state index contributed by atoms with van der Waals surface area (Å²) in [5.41, 5.74) is 2.36. The Morgan fingerprint density at radius 1 is 1.38 bits per heavy atom. The van der Waals surface area contributed by atoms with Gasteiger partial charge >= 0.3 is 0 Å². The second-order valence-electron chi connectivity index (χ2n) is 4.48. The van der Waals surface area contributed by atoms with Crippen LogP contribution in [-0.2, 0) is 9.47 Å². The lowest BCUT2D eigenvalue weighted by molar-refractivity contribution is -0.148. The third-order valence-electron chi connectivity index (χ3n) is 3.09. The molecule has 0 saturated carbocycles. The van der Waals surface area contributed by atoms with Crippen molar-refractivity contribution in [3.63, 3.8) is 0 Å². The van der Waals surface area contributed by atoms with E-state index in [2.05, 4.69) is 19.1 Å². The number of ether oxygens (including phenoxy) is 2. The first kappa shape index (κ1) is 11.4. The van der Waals surface area contributed by atoms with Gasteiger partial charge in [0.05, 0.1) is 12.7 Å². The van der Waals surface area contributed by atoms with Crippen molar-refractivity contribution in [1.82, 2.24) is 0 Å². The molecule has 1 aliphatic heterocycles. The zero-order chi connectivity index (χ0) is 11.8. The first-order valence-corrected chi connectivity index (χ1v) is 5.64. The number of nitrogens with zero attached hydrogens (tertiary/aromatic N) is 1. The summed E-state index contributed by atoms with van der Waals surface area (Å²) in [6.07, 6.45) is 0.150. The molecule has 1 aromatic carbocycles. The van der Waals surface area contributed by atoms with Gasteiger partial charge in [-0.2, -0.15) is 0 Å². The minimum Gasteiger partial charge on any atom is -0.330 e. The van der Waals surface area contributed by atoms with Crippen LogP contribution in [0.2, 0.25) is 0 Å². The summed E-state index contributed by atoms with van der Waals surface area (Å²) < 4.78 is 11.6. The highest BCUT2D eigenvalue weighted by Gasteiger charge is 2.39. The fraction of sp³-hybridized carbons (Fsp3) is 0.538. The molecule has 3 nitrogen and oxygen atoms in total. The molecule has 2 atom stereocenters. The minimum absolute atomic E-state index is 0.150. The SMILES string of the molecule is Cc1ccccc1N(C)C1(C)OCC(C)O1. The molecule has 0 amide bonds. The van der Waals surface area contributed by atoms with E-state index >= 15 is 0 Å². The van der Waals surface area contributed by atoms with E-state index in [4.69, 9.17) is 9.47 Å². The lowest BCUT2D eigenvalue weighted by Crippen LogP contribution is -2.45. The highest BCUT2D eigenvalue weighted by atomic mass is 16.8. The number of anilines is 1. The first-order chi connectivity index (χ1) is 7.53. The smallest absolute Gasteiger partial charge is 0.248 e. The molecule has 1 aromatic rings. The van der Waals surface area contributed by atoms with Crippen molar-refractivity contribution < 1.29 is 9.47 Å². The molecular formula is C13H19NO2. The second kappa shape index (κ2) is 4.07. The Balaban J connectivity index is 2.25. The summed E-state index contributed by atoms with van der Waals surface area (Å²) in [4.78, 5) is 2.05. The van der Waals surface area contributed by atoms with Gasteiger partial charge in [-0.3, -0.25) is 0 Å². The van der Waals surface area contributed by atoms with Crippen molar-refractivity contribution in [2.75, 3.05) is 18.6 Å². The van der Waals surface area contributed by atoms with Crippen LogP contribution in [0.15, 0.2) is 24.3 Å². The monoisotopic (exact) mass is 221 g/mol. The number of aryl methyl sites for hydroxylation is 1. The summed E-state index contributed by atoms with van der Waals surface area (Å²) in [7, 11) is 2.00. The lowest BCUT2D eigenvalue weighted by atomic mass is 10.2. The summed E-state index contributed by atoms with van der Waals surface area (Å²) in [5, 5.41) is 0. The Labute approximate surface area is 97.0 Å². The zero-order valence-corrected chi connectivity index (χ0v) is 10.4. The molecule has 0 spiro atoms. The topological polar surface area (TPSA) is 21.7 Å². The third kappa shape index (κ3) is 1.93. The van der Waals surface area contributed by atoms with E-state index in [0.717, 1.165) is 5.69 Å². The van der Waals surface area contributed by atoms with E-state index in [1.54, 1.807) is 0 Å². The molecule has 2 unspecified atom stereocenters. The Hall–Kier alpha value is -1.06. The van der Waals surface area contributed by atoms with E-state index in [1.165, 1.54) is 5.56 Å². The summed E-state index contributed by atoms with van der Waals surface area (Å²) in [6.45, 7) is 6.72. The minimum atomic E-state index is -0.647. The number of hydrogen-bond donors (Lipinski definition) is 0. The van der Waals surface area contributed by atoms with Crippen LogP contribution < -0.4 is 4.90 Å². The maximum Gasteiger partial charge on any atom is 0.248 e. The number of para-hydroxylation sites is 1. The average molecular weight is 221 g/mol. The Morgan fingerprint density at radius 2 is 2.06 bits per heavy atom. The molecule has 3 heteroatoms. The van der Waals surface area contributed by atoms with Crippen molar-refractivity contribution in [3.8, 4) is 0 Å². The van der Waals surface area contributed by atoms with E-state index in [1.807, 2.05) is 37.9 Å². The summed E-state index contributed by atoms with van der Waals surface area (Å²) >= 11 is 0. The zero-order valence-electron chi connectivity index (χ0n) is 10.4. The predicted octanol–water partition coefficient (Wildman–Crippen LogP) is 2.54. The van der Waals surface area contributed by atoms with E-state index in [9.17, 15) is 0 Å². The van der Waals surface area contributed by atoms with Crippen molar-refractivity contribution in [1.29, 1.82) is 0 Å². The standard InChI is InChI=1S/C13H19NO2/c1-10-7-5-6-8-12(10)14(4)13(3)15-9-11(2)16-13/h5-8,11H,9H2,1-4H3. The van der Waals surface area contributed by atoms with Crippen LogP contribution >= 0.6 is 0 Å². The molecular weight excluding hydrogens is 202 g/mol. The van der Waals surface area contributed by atoms with Crippen molar-refractivity contribution in [2.45, 2.75) is 32.8 Å². The fourth-order valence-corrected chi connectivity index (χ4v) is 2.05. The maximum absolute atomic E-state index is 5.82. The molecule has 88 valence electrons. The van der Waals surface area contributed by atoms with Crippen LogP contribution in [0.25, 0.3) is 0 Å². The molecule has 0 N–H and O–H groups in total. The highest BCUT2D eigenvalue weighted by molar-refractivity contribution is 5.53. The van der Waals surface area contributed by atoms with Gasteiger partial charge in [-0.05, 0) is 25.5 Å². The molecule has 0 bridgehead atoms. The van der Waals surface area contributed by atoms with E-state index < -0.39 is 5.91 Å². The van der Waals surface area contributed by atoms with Crippen LogP contribution in [0.3, 0.4) is 0 Å². The molecule has 1 aliphatic rings. The van der Waals surface area contributed by atoms with Crippen LogP contribution in [0, 0.1) is 6.92 Å². The van der Waals surface area contributed by atoms with Gasteiger partial charge in [0.15, 0.2) is 0 Å². The van der Waals surface area contributed by atoms with Crippen LogP contribution in [-0.4, -0.2) is 25.7 Å². The summed E-state index contributed by atoms with van der Waals surface area (Å²) in [5.74, 6) is -0.647. The highest BCUT2D eigenvalue weighted by Crippen LogP contribution is 2.31. The molecule has 0 aromatic heterocycles. The Morgan fingerprint density at radius 3 is 2.62 bits per heavy atom. The van der Waals surface area contributed by atoms with E-state index in [-0.39, 0.29) is 6.10 Å². The van der Waals surface area contributed by atoms with Crippen LogP contribution in [0.4, 0.5) is 5.69 Å². The lowest BCUT2D eigenvalue weighted by Gasteiger charge is -2.35. The van der Waals surface area contributed by atoms with Gasteiger partial charge in [-0.25, -0.2) is 0 Å². The fourth-order valence-electron chi connectivity index (χ4n) is 2.05. The van der Waals surface area contributed by atoms with Gasteiger partial charge in [-0.1, -0.05) is 18.2 Å². The molecule has 1 saturated heterocycles. The van der Waals surface area contributed by atoms with Gasteiger partial charge in [0.1, 0.15) is 0 Å². The van der Waals surface area contributed by atoms with Crippen LogP contribution in [0.1, 0.15) is 19.4 Å². The quantitative estimate of drug-likeness (QED) is 0.766. The van der Waals surface area contributed by atoms with Gasteiger partial charge in [-0.15, -0.1) is 0 Å².